The maximum absolute atomic E-state index is 12.9. The average Bonchev–Trinajstić information content (AvgIpc) is 2.98. The number of nitrogens with zero attached hydrogens (tertiary/aromatic N) is 2. The quantitative estimate of drug-likeness (QED) is 0.832. The van der Waals surface area contributed by atoms with Crippen LogP contribution < -0.4 is 4.74 Å². The lowest BCUT2D eigenvalue weighted by Crippen LogP contribution is -2.52. The van der Waals surface area contributed by atoms with E-state index < -0.39 is 0 Å². The number of ether oxygens (including phenoxy) is 2. The Hall–Kier alpha value is -2.08. The van der Waals surface area contributed by atoms with Gasteiger partial charge in [0, 0.05) is 26.1 Å². The molecule has 2 heterocycles. The van der Waals surface area contributed by atoms with E-state index in [9.17, 15) is 9.59 Å². The molecule has 2 fully saturated rings. The summed E-state index contributed by atoms with van der Waals surface area (Å²) in [5, 5.41) is 0. The second-order valence-corrected chi connectivity index (χ2v) is 7.01. The Morgan fingerprint density at radius 3 is 2.64 bits per heavy atom. The van der Waals surface area contributed by atoms with Crippen LogP contribution in [0.2, 0.25) is 0 Å². The summed E-state index contributed by atoms with van der Waals surface area (Å²) in [5.74, 6) is 0.662. The van der Waals surface area contributed by atoms with Gasteiger partial charge in [0.05, 0.1) is 31.8 Å². The molecular weight excluding hydrogens is 320 g/mol. The third-order valence-electron chi connectivity index (χ3n) is 4.99. The number of morpholine rings is 1. The molecule has 6 heteroatoms. The van der Waals surface area contributed by atoms with Crippen molar-refractivity contribution in [3.8, 4) is 5.75 Å². The van der Waals surface area contributed by atoms with Crippen LogP contribution in [-0.2, 0) is 20.9 Å². The largest absolute Gasteiger partial charge is 0.497 e. The molecule has 2 saturated heterocycles. The topological polar surface area (TPSA) is 59.1 Å². The molecule has 0 aliphatic carbocycles. The molecule has 0 radical (unpaired) electrons. The third kappa shape index (κ3) is 3.95. The van der Waals surface area contributed by atoms with Gasteiger partial charge in [-0.2, -0.15) is 0 Å². The van der Waals surface area contributed by atoms with Crippen LogP contribution in [0.15, 0.2) is 24.3 Å². The second-order valence-electron chi connectivity index (χ2n) is 7.01. The average molecular weight is 346 g/mol. The van der Waals surface area contributed by atoms with Gasteiger partial charge in [-0.15, -0.1) is 0 Å². The Balaban J connectivity index is 1.62. The van der Waals surface area contributed by atoms with Gasteiger partial charge < -0.3 is 19.3 Å². The lowest BCUT2D eigenvalue weighted by molar-refractivity contribution is -0.147. The zero-order valence-electron chi connectivity index (χ0n) is 15.1. The summed E-state index contributed by atoms with van der Waals surface area (Å²) < 4.78 is 10.7. The van der Waals surface area contributed by atoms with Crippen molar-refractivity contribution in [1.29, 1.82) is 0 Å². The van der Waals surface area contributed by atoms with Crippen LogP contribution in [0.25, 0.3) is 0 Å². The van der Waals surface area contributed by atoms with E-state index in [4.69, 9.17) is 9.47 Å². The molecule has 2 amide bonds. The highest BCUT2D eigenvalue weighted by atomic mass is 16.5. The minimum atomic E-state index is -0.251. The van der Waals surface area contributed by atoms with Gasteiger partial charge >= 0.3 is 0 Å². The summed E-state index contributed by atoms with van der Waals surface area (Å²) in [7, 11) is 1.63. The zero-order valence-corrected chi connectivity index (χ0v) is 15.1. The number of hydrogen-bond acceptors (Lipinski definition) is 4. The van der Waals surface area contributed by atoms with Gasteiger partial charge in [0.2, 0.25) is 11.8 Å². The van der Waals surface area contributed by atoms with Gasteiger partial charge in [0.1, 0.15) is 5.75 Å². The number of benzene rings is 1. The SMILES string of the molecule is COc1ccc(CN2CC(C(=O)N3CC(C)OCC3C)CC2=O)cc1. The van der Waals surface area contributed by atoms with E-state index in [1.165, 1.54) is 0 Å². The van der Waals surface area contributed by atoms with Gasteiger partial charge in [-0.1, -0.05) is 12.1 Å². The van der Waals surface area contributed by atoms with E-state index in [0.717, 1.165) is 11.3 Å². The predicted octanol–water partition coefficient (Wildman–Crippen LogP) is 1.68. The first-order chi connectivity index (χ1) is 12.0. The summed E-state index contributed by atoms with van der Waals surface area (Å²) >= 11 is 0. The van der Waals surface area contributed by atoms with E-state index >= 15 is 0 Å². The van der Waals surface area contributed by atoms with Crippen molar-refractivity contribution < 1.29 is 19.1 Å². The van der Waals surface area contributed by atoms with E-state index in [2.05, 4.69) is 0 Å². The Morgan fingerprint density at radius 2 is 1.96 bits per heavy atom. The molecule has 1 aromatic rings. The Kier molecular flexibility index (Phi) is 5.27. The van der Waals surface area contributed by atoms with E-state index in [-0.39, 0.29) is 29.9 Å². The molecule has 6 nitrogen and oxygen atoms in total. The normalized spacial score (nSPS) is 26.8. The summed E-state index contributed by atoms with van der Waals surface area (Å²) in [6.45, 7) is 6.15. The number of carbonyl (C=O) groups excluding carboxylic acids is 2. The molecule has 3 unspecified atom stereocenters. The van der Waals surface area contributed by atoms with Crippen molar-refractivity contribution in [2.45, 2.75) is 39.0 Å². The van der Waals surface area contributed by atoms with Crippen LogP contribution in [0.4, 0.5) is 0 Å². The number of amides is 2. The Bertz CT molecular complexity index is 631. The lowest BCUT2D eigenvalue weighted by atomic mass is 10.0. The fourth-order valence-corrected chi connectivity index (χ4v) is 3.49. The predicted molar refractivity (Wildman–Crippen MR) is 93.1 cm³/mol. The van der Waals surface area contributed by atoms with Crippen LogP contribution in [0.1, 0.15) is 25.8 Å². The van der Waals surface area contributed by atoms with Crippen molar-refractivity contribution in [3.63, 3.8) is 0 Å². The summed E-state index contributed by atoms with van der Waals surface area (Å²) in [5.41, 5.74) is 1.04. The number of hydrogen-bond donors (Lipinski definition) is 0. The first-order valence-electron chi connectivity index (χ1n) is 8.80. The molecule has 0 aromatic heterocycles. The van der Waals surface area contributed by atoms with Crippen LogP contribution in [0, 0.1) is 5.92 Å². The minimum Gasteiger partial charge on any atom is -0.497 e. The van der Waals surface area contributed by atoms with E-state index in [0.29, 0.717) is 32.7 Å². The molecule has 136 valence electrons. The van der Waals surface area contributed by atoms with Crippen LogP contribution in [-0.4, -0.2) is 60.6 Å². The van der Waals surface area contributed by atoms with Gasteiger partial charge in [-0.05, 0) is 31.5 Å². The number of rotatable bonds is 4. The molecule has 25 heavy (non-hydrogen) atoms. The highest BCUT2D eigenvalue weighted by Gasteiger charge is 2.39. The summed E-state index contributed by atoms with van der Waals surface area (Å²) in [6, 6.07) is 7.74. The molecule has 2 aliphatic rings. The van der Waals surface area contributed by atoms with Crippen molar-refractivity contribution >= 4 is 11.8 Å². The van der Waals surface area contributed by atoms with E-state index in [1.807, 2.05) is 43.0 Å². The fourth-order valence-electron chi connectivity index (χ4n) is 3.49. The van der Waals surface area contributed by atoms with Gasteiger partial charge in [0.15, 0.2) is 0 Å². The van der Waals surface area contributed by atoms with Crippen molar-refractivity contribution in [2.24, 2.45) is 5.92 Å². The molecule has 2 aliphatic heterocycles. The highest BCUT2D eigenvalue weighted by molar-refractivity contribution is 5.89. The first-order valence-corrected chi connectivity index (χ1v) is 8.80. The van der Waals surface area contributed by atoms with Crippen LogP contribution in [0.5, 0.6) is 5.75 Å². The smallest absolute Gasteiger partial charge is 0.228 e. The Morgan fingerprint density at radius 1 is 1.24 bits per heavy atom. The Labute approximate surface area is 148 Å². The van der Waals surface area contributed by atoms with Gasteiger partial charge in [-0.3, -0.25) is 9.59 Å². The first kappa shape index (κ1) is 17.7. The van der Waals surface area contributed by atoms with Crippen molar-refractivity contribution in [1.82, 2.24) is 9.80 Å². The summed E-state index contributed by atoms with van der Waals surface area (Å²) in [4.78, 5) is 28.9. The van der Waals surface area contributed by atoms with Crippen molar-refractivity contribution in [3.05, 3.63) is 29.8 Å². The standard InChI is InChI=1S/C19H26N2O4/c1-13-12-25-14(2)9-21(13)19(23)16-8-18(22)20(11-16)10-15-4-6-17(24-3)7-5-15/h4-7,13-14,16H,8-12H2,1-3H3. The molecule has 1 aromatic carbocycles. The number of methoxy groups -OCH3 is 1. The highest BCUT2D eigenvalue weighted by Crippen LogP contribution is 2.25. The van der Waals surface area contributed by atoms with Crippen LogP contribution in [0.3, 0.4) is 0 Å². The molecular formula is C19H26N2O4. The second kappa shape index (κ2) is 7.44. The maximum Gasteiger partial charge on any atom is 0.228 e. The molecule has 0 saturated carbocycles. The zero-order chi connectivity index (χ0) is 18.0. The van der Waals surface area contributed by atoms with Gasteiger partial charge in [-0.25, -0.2) is 0 Å². The van der Waals surface area contributed by atoms with Gasteiger partial charge in [0.25, 0.3) is 0 Å². The molecule has 3 rings (SSSR count). The molecule has 3 atom stereocenters. The lowest BCUT2D eigenvalue weighted by Gasteiger charge is -2.38. The third-order valence-corrected chi connectivity index (χ3v) is 4.99. The number of carbonyl (C=O) groups is 2. The molecule has 0 N–H and O–H groups in total. The monoisotopic (exact) mass is 346 g/mol. The maximum atomic E-state index is 12.9. The minimum absolute atomic E-state index is 0.0446. The molecule has 0 spiro atoms. The van der Waals surface area contributed by atoms with Crippen molar-refractivity contribution in [2.75, 3.05) is 26.8 Å². The fraction of sp³-hybridized carbons (Fsp3) is 0.579. The van der Waals surface area contributed by atoms with E-state index in [1.54, 1.807) is 12.0 Å². The number of likely N-dealkylation sites (tertiary alicyclic amines) is 1. The molecule has 0 bridgehead atoms. The van der Waals surface area contributed by atoms with Crippen LogP contribution >= 0.6 is 0 Å². The summed E-state index contributed by atoms with van der Waals surface area (Å²) in [6.07, 6.45) is 0.348.